The topological polar surface area (TPSA) is 128 Å². The van der Waals surface area contributed by atoms with Gasteiger partial charge in [-0.05, 0) is 36.8 Å². The number of amides is 1. The fourth-order valence-corrected chi connectivity index (χ4v) is 4.63. The number of benzene rings is 1. The van der Waals surface area contributed by atoms with E-state index in [2.05, 4.69) is 25.3 Å². The molecule has 10 heteroatoms. The molecule has 0 unspecified atom stereocenters. The molecule has 3 aromatic heterocycles. The highest BCUT2D eigenvalue weighted by molar-refractivity contribution is 7.13. The Balaban J connectivity index is 1.31. The molecular formula is C23H24N8OS. The van der Waals surface area contributed by atoms with Crippen LogP contribution in [0.4, 0.5) is 17.1 Å². The number of anilines is 3. The van der Waals surface area contributed by atoms with Crippen molar-refractivity contribution >= 4 is 34.3 Å². The zero-order chi connectivity index (χ0) is 22.8. The summed E-state index contributed by atoms with van der Waals surface area (Å²) in [6.07, 6.45) is 6.33. The molecule has 0 saturated carbocycles. The van der Waals surface area contributed by atoms with E-state index < -0.39 is 0 Å². The van der Waals surface area contributed by atoms with Gasteiger partial charge >= 0.3 is 0 Å². The molecule has 1 atom stereocenters. The van der Waals surface area contributed by atoms with Crippen molar-refractivity contribution in [1.29, 1.82) is 0 Å². The van der Waals surface area contributed by atoms with Crippen molar-refractivity contribution in [2.24, 2.45) is 5.73 Å². The molecular weight excluding hydrogens is 436 g/mol. The standard InChI is InChI=1S/C23H24N8OS/c24-16-4-5-21(30-8-6-17(25)12-30)19(9-16)28-22(32)20-14-33-23(29-20)15-10-27-31(11-15)13-18-3-1-2-7-26-18/h1-5,7,9-11,14,17H,6,8,12-13,24-25H2,(H,28,32)/t17-/m1/s1. The van der Waals surface area contributed by atoms with Crippen LogP contribution in [0, 0.1) is 0 Å². The molecule has 0 aliphatic carbocycles. The van der Waals surface area contributed by atoms with Crippen LogP contribution in [-0.2, 0) is 6.54 Å². The fourth-order valence-electron chi connectivity index (χ4n) is 3.85. The fraction of sp³-hybridized carbons (Fsp3) is 0.217. The van der Waals surface area contributed by atoms with Crippen LogP contribution in [-0.4, -0.2) is 44.8 Å². The minimum atomic E-state index is -0.284. The summed E-state index contributed by atoms with van der Waals surface area (Å²) in [5, 5.41) is 9.85. The van der Waals surface area contributed by atoms with Crippen LogP contribution < -0.4 is 21.7 Å². The molecule has 1 aliphatic heterocycles. The van der Waals surface area contributed by atoms with Gasteiger partial charge in [-0.1, -0.05) is 6.07 Å². The third-order valence-corrected chi connectivity index (χ3v) is 6.39. The number of nitrogens with two attached hydrogens (primary N) is 2. The van der Waals surface area contributed by atoms with Gasteiger partial charge in [0.25, 0.3) is 5.91 Å². The highest BCUT2D eigenvalue weighted by Gasteiger charge is 2.23. The number of carbonyl (C=O) groups is 1. The first-order valence-corrected chi connectivity index (χ1v) is 11.5. The van der Waals surface area contributed by atoms with E-state index in [4.69, 9.17) is 11.5 Å². The van der Waals surface area contributed by atoms with Crippen LogP contribution >= 0.6 is 11.3 Å². The van der Waals surface area contributed by atoms with Crippen LogP contribution in [0.3, 0.4) is 0 Å². The largest absolute Gasteiger partial charge is 0.399 e. The molecule has 1 aromatic carbocycles. The Morgan fingerprint density at radius 2 is 2.18 bits per heavy atom. The number of rotatable bonds is 6. The lowest BCUT2D eigenvalue weighted by Gasteiger charge is -2.22. The van der Waals surface area contributed by atoms with Gasteiger partial charge < -0.3 is 21.7 Å². The third-order valence-electron chi connectivity index (χ3n) is 5.50. The number of carbonyl (C=O) groups excluding carboxylic acids is 1. The van der Waals surface area contributed by atoms with E-state index in [0.29, 0.717) is 23.6 Å². The number of thiazole rings is 1. The van der Waals surface area contributed by atoms with Gasteiger partial charge in [-0.15, -0.1) is 11.3 Å². The molecule has 4 heterocycles. The quantitative estimate of drug-likeness (QED) is 0.378. The molecule has 1 aliphatic rings. The van der Waals surface area contributed by atoms with Gasteiger partial charge in [-0.3, -0.25) is 14.5 Å². The molecule has 5 rings (SSSR count). The highest BCUT2D eigenvalue weighted by Crippen LogP contribution is 2.31. The number of nitrogen functional groups attached to an aromatic ring is 1. The van der Waals surface area contributed by atoms with Crippen LogP contribution in [0.25, 0.3) is 10.6 Å². The number of hydrogen-bond acceptors (Lipinski definition) is 8. The lowest BCUT2D eigenvalue weighted by molar-refractivity contribution is 0.102. The predicted molar refractivity (Wildman–Crippen MR) is 130 cm³/mol. The average molecular weight is 461 g/mol. The van der Waals surface area contributed by atoms with Crippen molar-refractivity contribution < 1.29 is 4.79 Å². The van der Waals surface area contributed by atoms with E-state index in [9.17, 15) is 4.79 Å². The molecule has 0 spiro atoms. The maximum absolute atomic E-state index is 13.0. The van der Waals surface area contributed by atoms with Crippen molar-refractivity contribution in [3.63, 3.8) is 0 Å². The van der Waals surface area contributed by atoms with Crippen molar-refractivity contribution in [2.75, 3.05) is 29.0 Å². The Labute approximate surface area is 195 Å². The van der Waals surface area contributed by atoms with Gasteiger partial charge in [0.2, 0.25) is 0 Å². The van der Waals surface area contributed by atoms with E-state index in [1.807, 2.05) is 36.5 Å². The van der Waals surface area contributed by atoms with Crippen LogP contribution in [0.5, 0.6) is 0 Å². The number of nitrogens with one attached hydrogen (secondary N) is 1. The monoisotopic (exact) mass is 460 g/mol. The molecule has 33 heavy (non-hydrogen) atoms. The number of nitrogens with zero attached hydrogens (tertiary/aromatic N) is 5. The van der Waals surface area contributed by atoms with Crippen molar-refractivity contribution in [3.05, 3.63) is 71.8 Å². The van der Waals surface area contributed by atoms with Gasteiger partial charge in [0.1, 0.15) is 10.7 Å². The van der Waals surface area contributed by atoms with E-state index >= 15 is 0 Å². The molecule has 9 nitrogen and oxygen atoms in total. The van der Waals surface area contributed by atoms with Gasteiger partial charge in [-0.2, -0.15) is 5.10 Å². The predicted octanol–water partition coefficient (Wildman–Crippen LogP) is 2.82. The summed E-state index contributed by atoms with van der Waals surface area (Å²) in [5.41, 5.74) is 16.3. The van der Waals surface area contributed by atoms with Crippen LogP contribution in [0.2, 0.25) is 0 Å². The molecule has 5 N–H and O–H groups in total. The van der Waals surface area contributed by atoms with E-state index in [1.54, 1.807) is 28.5 Å². The van der Waals surface area contributed by atoms with Gasteiger partial charge in [0.15, 0.2) is 0 Å². The Morgan fingerprint density at radius 1 is 1.27 bits per heavy atom. The average Bonchev–Trinajstić information content (AvgIpc) is 3.55. The SMILES string of the molecule is Nc1ccc(N2CC[C@@H](N)C2)c(NC(=O)c2csc(-c3cnn(Cc4ccccn4)c3)n2)c1. The lowest BCUT2D eigenvalue weighted by Crippen LogP contribution is -2.27. The summed E-state index contributed by atoms with van der Waals surface area (Å²) in [7, 11) is 0. The van der Waals surface area contributed by atoms with Crippen molar-refractivity contribution in [2.45, 2.75) is 19.0 Å². The maximum Gasteiger partial charge on any atom is 0.275 e. The summed E-state index contributed by atoms with van der Waals surface area (Å²) in [4.78, 5) is 24.0. The molecule has 0 radical (unpaired) electrons. The first-order valence-electron chi connectivity index (χ1n) is 10.6. The Bertz CT molecular complexity index is 1270. The second-order valence-electron chi connectivity index (χ2n) is 8.01. The number of pyridine rings is 1. The maximum atomic E-state index is 13.0. The molecule has 1 saturated heterocycles. The normalized spacial score (nSPS) is 15.7. The summed E-state index contributed by atoms with van der Waals surface area (Å²) in [6.45, 7) is 2.16. The van der Waals surface area contributed by atoms with Crippen LogP contribution in [0.15, 0.2) is 60.4 Å². The second-order valence-corrected chi connectivity index (χ2v) is 8.87. The third kappa shape index (κ3) is 4.71. The minimum Gasteiger partial charge on any atom is -0.399 e. The van der Waals surface area contributed by atoms with Crippen molar-refractivity contribution in [3.8, 4) is 10.6 Å². The Hall–Kier alpha value is -3.76. The molecule has 1 amide bonds. The molecule has 1 fully saturated rings. The molecule has 0 bridgehead atoms. The van der Waals surface area contributed by atoms with E-state index in [1.165, 1.54) is 11.3 Å². The summed E-state index contributed by atoms with van der Waals surface area (Å²) in [5.74, 6) is -0.284. The summed E-state index contributed by atoms with van der Waals surface area (Å²) < 4.78 is 1.80. The number of aromatic nitrogens is 4. The zero-order valence-electron chi connectivity index (χ0n) is 17.9. The Kier molecular flexibility index (Phi) is 5.76. The lowest BCUT2D eigenvalue weighted by atomic mass is 10.2. The van der Waals surface area contributed by atoms with E-state index in [0.717, 1.165) is 41.5 Å². The highest BCUT2D eigenvalue weighted by atomic mass is 32.1. The van der Waals surface area contributed by atoms with Gasteiger partial charge in [0, 0.05) is 48.2 Å². The van der Waals surface area contributed by atoms with Gasteiger partial charge in [0.05, 0.1) is 29.8 Å². The van der Waals surface area contributed by atoms with Gasteiger partial charge in [-0.25, -0.2) is 4.98 Å². The van der Waals surface area contributed by atoms with Crippen molar-refractivity contribution in [1.82, 2.24) is 19.7 Å². The summed E-state index contributed by atoms with van der Waals surface area (Å²) in [6, 6.07) is 11.4. The number of hydrogen-bond donors (Lipinski definition) is 3. The Morgan fingerprint density at radius 3 is 2.97 bits per heavy atom. The second kappa shape index (κ2) is 9.00. The molecule has 4 aromatic rings. The first kappa shape index (κ1) is 21.1. The minimum absolute atomic E-state index is 0.130. The zero-order valence-corrected chi connectivity index (χ0v) is 18.7. The molecule has 168 valence electrons. The first-order chi connectivity index (χ1) is 16.0. The smallest absolute Gasteiger partial charge is 0.275 e. The van der Waals surface area contributed by atoms with Crippen LogP contribution in [0.1, 0.15) is 22.6 Å². The summed E-state index contributed by atoms with van der Waals surface area (Å²) >= 11 is 1.40. The van der Waals surface area contributed by atoms with E-state index in [-0.39, 0.29) is 11.9 Å².